The Morgan fingerprint density at radius 2 is 2.17 bits per heavy atom. The largest absolute Gasteiger partial charge is 0.493 e. The fraction of sp³-hybridized carbons (Fsp3) is 0.600. The molecule has 18 heavy (non-hydrogen) atoms. The van der Waals surface area contributed by atoms with Crippen molar-refractivity contribution in [1.29, 1.82) is 0 Å². The summed E-state index contributed by atoms with van der Waals surface area (Å²) in [6.07, 6.45) is 2.06. The highest BCUT2D eigenvalue weighted by molar-refractivity contribution is 6.30. The SMILES string of the molecule is CCNCCC(C)(C)c1cc(Cl)cc2c1OCC2. The lowest BCUT2D eigenvalue weighted by molar-refractivity contribution is 0.341. The van der Waals surface area contributed by atoms with E-state index in [2.05, 4.69) is 32.2 Å². The van der Waals surface area contributed by atoms with Crippen molar-refractivity contribution in [3.05, 3.63) is 28.3 Å². The first-order valence-corrected chi connectivity index (χ1v) is 7.09. The fourth-order valence-electron chi connectivity index (χ4n) is 2.48. The third-order valence-corrected chi connectivity index (χ3v) is 3.87. The molecule has 0 bridgehead atoms. The summed E-state index contributed by atoms with van der Waals surface area (Å²) in [7, 11) is 0. The predicted octanol–water partition coefficient (Wildman–Crippen LogP) is 3.55. The second-order valence-corrected chi connectivity index (χ2v) is 5.96. The monoisotopic (exact) mass is 267 g/mol. The van der Waals surface area contributed by atoms with Gasteiger partial charge in [0, 0.05) is 17.0 Å². The van der Waals surface area contributed by atoms with Crippen LogP contribution >= 0.6 is 11.6 Å². The molecule has 3 heteroatoms. The van der Waals surface area contributed by atoms with Crippen molar-refractivity contribution in [2.24, 2.45) is 0 Å². The van der Waals surface area contributed by atoms with Crippen molar-refractivity contribution in [3.8, 4) is 5.75 Å². The summed E-state index contributed by atoms with van der Waals surface area (Å²) >= 11 is 6.22. The Hall–Kier alpha value is -0.730. The quantitative estimate of drug-likeness (QED) is 0.824. The van der Waals surface area contributed by atoms with Crippen molar-refractivity contribution in [1.82, 2.24) is 5.32 Å². The summed E-state index contributed by atoms with van der Waals surface area (Å²) in [6, 6.07) is 4.10. The average Bonchev–Trinajstić information content (AvgIpc) is 2.75. The van der Waals surface area contributed by atoms with Crippen LogP contribution in [0.1, 0.15) is 38.3 Å². The van der Waals surface area contributed by atoms with Gasteiger partial charge in [0.2, 0.25) is 0 Å². The molecule has 1 aliphatic rings. The molecule has 1 aromatic rings. The molecule has 0 saturated heterocycles. The zero-order valence-electron chi connectivity index (χ0n) is 11.5. The van der Waals surface area contributed by atoms with E-state index < -0.39 is 0 Å². The number of benzene rings is 1. The third-order valence-electron chi connectivity index (χ3n) is 3.65. The maximum Gasteiger partial charge on any atom is 0.126 e. The zero-order chi connectivity index (χ0) is 13.2. The van der Waals surface area contributed by atoms with E-state index in [-0.39, 0.29) is 5.41 Å². The minimum Gasteiger partial charge on any atom is -0.493 e. The lowest BCUT2D eigenvalue weighted by Crippen LogP contribution is -2.25. The Balaban J connectivity index is 2.26. The number of hydrogen-bond acceptors (Lipinski definition) is 2. The van der Waals surface area contributed by atoms with Crippen molar-refractivity contribution >= 4 is 11.6 Å². The minimum atomic E-state index is 0.0848. The van der Waals surface area contributed by atoms with Crippen LogP contribution < -0.4 is 10.1 Å². The van der Waals surface area contributed by atoms with Gasteiger partial charge in [0.25, 0.3) is 0 Å². The second kappa shape index (κ2) is 5.50. The fourth-order valence-corrected chi connectivity index (χ4v) is 2.73. The zero-order valence-corrected chi connectivity index (χ0v) is 12.2. The molecule has 0 amide bonds. The maximum absolute atomic E-state index is 6.22. The molecule has 1 aromatic carbocycles. The van der Waals surface area contributed by atoms with E-state index in [1.165, 1.54) is 11.1 Å². The topological polar surface area (TPSA) is 21.3 Å². The summed E-state index contributed by atoms with van der Waals surface area (Å²) in [5.74, 6) is 1.07. The molecule has 0 saturated carbocycles. The highest BCUT2D eigenvalue weighted by Crippen LogP contribution is 2.41. The molecule has 0 unspecified atom stereocenters. The first-order chi connectivity index (χ1) is 8.54. The smallest absolute Gasteiger partial charge is 0.126 e. The molecule has 0 aliphatic carbocycles. The van der Waals surface area contributed by atoms with Crippen molar-refractivity contribution in [3.63, 3.8) is 0 Å². The molecule has 1 aliphatic heterocycles. The van der Waals surface area contributed by atoms with Crippen LogP contribution in [0.2, 0.25) is 5.02 Å². The Morgan fingerprint density at radius 3 is 2.89 bits per heavy atom. The molecule has 1 heterocycles. The normalized spacial score (nSPS) is 14.4. The Labute approximate surface area is 115 Å². The van der Waals surface area contributed by atoms with Crippen LogP contribution in [0.25, 0.3) is 0 Å². The Kier molecular flexibility index (Phi) is 4.18. The van der Waals surface area contributed by atoms with Gasteiger partial charge in [-0.2, -0.15) is 0 Å². The van der Waals surface area contributed by atoms with Gasteiger partial charge in [-0.25, -0.2) is 0 Å². The van der Waals surface area contributed by atoms with Crippen LogP contribution in [0.15, 0.2) is 12.1 Å². The van der Waals surface area contributed by atoms with Gasteiger partial charge in [-0.3, -0.25) is 0 Å². The van der Waals surface area contributed by atoms with E-state index in [1.807, 2.05) is 6.07 Å². The summed E-state index contributed by atoms with van der Waals surface area (Å²) < 4.78 is 5.80. The van der Waals surface area contributed by atoms with Crippen LogP contribution in [0, 0.1) is 0 Å². The number of rotatable bonds is 5. The third kappa shape index (κ3) is 2.81. The van der Waals surface area contributed by atoms with E-state index in [4.69, 9.17) is 16.3 Å². The van der Waals surface area contributed by atoms with Gasteiger partial charge in [0.15, 0.2) is 0 Å². The lowest BCUT2D eigenvalue weighted by atomic mass is 9.80. The first-order valence-electron chi connectivity index (χ1n) is 6.71. The number of nitrogens with one attached hydrogen (secondary N) is 1. The van der Waals surface area contributed by atoms with Crippen LogP contribution in [-0.4, -0.2) is 19.7 Å². The number of fused-ring (bicyclic) bond motifs is 1. The lowest BCUT2D eigenvalue weighted by Gasteiger charge is -2.27. The van der Waals surface area contributed by atoms with Gasteiger partial charge < -0.3 is 10.1 Å². The van der Waals surface area contributed by atoms with Gasteiger partial charge in [-0.1, -0.05) is 32.4 Å². The van der Waals surface area contributed by atoms with Gasteiger partial charge in [0.1, 0.15) is 5.75 Å². The molecule has 2 nitrogen and oxygen atoms in total. The van der Waals surface area contributed by atoms with E-state index in [0.29, 0.717) is 0 Å². The van der Waals surface area contributed by atoms with Crippen molar-refractivity contribution < 1.29 is 4.74 Å². The van der Waals surface area contributed by atoms with E-state index in [1.54, 1.807) is 0 Å². The molecular weight excluding hydrogens is 246 g/mol. The number of hydrogen-bond donors (Lipinski definition) is 1. The molecule has 0 atom stereocenters. The average molecular weight is 268 g/mol. The molecule has 0 aromatic heterocycles. The molecule has 0 radical (unpaired) electrons. The first kappa shape index (κ1) is 13.7. The molecular formula is C15H22ClNO. The summed E-state index contributed by atoms with van der Waals surface area (Å²) in [5, 5.41) is 4.21. The van der Waals surface area contributed by atoms with Crippen molar-refractivity contribution in [2.45, 2.75) is 39.0 Å². The highest BCUT2D eigenvalue weighted by Gasteiger charge is 2.28. The van der Waals surface area contributed by atoms with E-state index in [0.717, 1.165) is 43.3 Å². The summed E-state index contributed by atoms with van der Waals surface area (Å²) in [4.78, 5) is 0. The standard InChI is InChI=1S/C15H22ClNO/c1-4-17-7-6-15(2,3)13-10-12(16)9-11-5-8-18-14(11)13/h9-10,17H,4-8H2,1-3H3. The van der Waals surface area contributed by atoms with Crippen LogP contribution in [0.5, 0.6) is 5.75 Å². The number of halogens is 1. The predicted molar refractivity (Wildman–Crippen MR) is 76.8 cm³/mol. The van der Waals surface area contributed by atoms with Crippen LogP contribution in [0.4, 0.5) is 0 Å². The maximum atomic E-state index is 6.22. The minimum absolute atomic E-state index is 0.0848. The van der Waals surface area contributed by atoms with Gasteiger partial charge >= 0.3 is 0 Å². The molecule has 0 spiro atoms. The van der Waals surface area contributed by atoms with Crippen LogP contribution in [-0.2, 0) is 11.8 Å². The molecule has 1 N–H and O–H groups in total. The van der Waals surface area contributed by atoms with E-state index in [9.17, 15) is 0 Å². The van der Waals surface area contributed by atoms with Crippen molar-refractivity contribution in [2.75, 3.05) is 19.7 Å². The van der Waals surface area contributed by atoms with Gasteiger partial charge in [-0.05, 0) is 42.6 Å². The summed E-state index contributed by atoms with van der Waals surface area (Å²) in [5.41, 5.74) is 2.59. The Morgan fingerprint density at radius 1 is 1.39 bits per heavy atom. The molecule has 0 fully saturated rings. The highest BCUT2D eigenvalue weighted by atomic mass is 35.5. The summed E-state index contributed by atoms with van der Waals surface area (Å²) in [6.45, 7) is 9.47. The van der Waals surface area contributed by atoms with Gasteiger partial charge in [0.05, 0.1) is 6.61 Å². The van der Waals surface area contributed by atoms with Gasteiger partial charge in [-0.15, -0.1) is 0 Å². The van der Waals surface area contributed by atoms with Crippen LogP contribution in [0.3, 0.4) is 0 Å². The van der Waals surface area contributed by atoms with E-state index >= 15 is 0 Å². The second-order valence-electron chi connectivity index (χ2n) is 5.53. The molecule has 2 rings (SSSR count). The molecule has 100 valence electrons. The number of ether oxygens (including phenoxy) is 1. The Bertz CT molecular complexity index is 429.